The van der Waals surface area contributed by atoms with Crippen molar-refractivity contribution in [2.45, 2.75) is 71.4 Å². The molecule has 0 heterocycles. The lowest BCUT2D eigenvalue weighted by molar-refractivity contribution is -0.0587. The van der Waals surface area contributed by atoms with E-state index in [-0.39, 0.29) is 17.3 Å². The van der Waals surface area contributed by atoms with Gasteiger partial charge in [-0.15, -0.1) is 0 Å². The molecule has 0 spiro atoms. The number of halogens is 1. The van der Waals surface area contributed by atoms with Crippen LogP contribution >= 0.6 is 0 Å². The standard InChI is InChI=1S/C31H38FNO/c1-4-5-19-33-30-26(15-16-28-22(2)29(34)17-18-31(28,30)3)21-25-11-7-6-10-24(25)14-13-23-9-8-12-27(32)20-23/h6-12,20-22,28-30,33-34H,4-5,15-19H2,1-3H3/b26-21-/t22?,28?,29?,30?,31-/m0/s1. The van der Waals surface area contributed by atoms with Gasteiger partial charge in [0.1, 0.15) is 5.82 Å². The first-order valence-electron chi connectivity index (χ1n) is 12.9. The lowest BCUT2D eigenvalue weighted by atomic mass is 9.53. The lowest BCUT2D eigenvalue weighted by Crippen LogP contribution is -2.57. The fourth-order valence-electron chi connectivity index (χ4n) is 6.20. The van der Waals surface area contributed by atoms with Gasteiger partial charge in [-0.05, 0) is 85.7 Å². The number of rotatable bonds is 5. The van der Waals surface area contributed by atoms with E-state index in [0.29, 0.717) is 23.4 Å². The summed E-state index contributed by atoms with van der Waals surface area (Å²) in [6, 6.07) is 15.0. The van der Waals surface area contributed by atoms with E-state index in [1.54, 1.807) is 6.07 Å². The van der Waals surface area contributed by atoms with E-state index >= 15 is 0 Å². The molecule has 34 heavy (non-hydrogen) atoms. The zero-order chi connectivity index (χ0) is 24.1. The molecule has 180 valence electrons. The summed E-state index contributed by atoms with van der Waals surface area (Å²) in [6.07, 6.45) is 8.57. The van der Waals surface area contributed by atoms with E-state index in [4.69, 9.17) is 0 Å². The molecule has 5 atom stereocenters. The van der Waals surface area contributed by atoms with Crippen LogP contribution in [0.15, 0.2) is 54.1 Å². The molecule has 0 aromatic heterocycles. The molecule has 2 fully saturated rings. The third kappa shape index (κ3) is 5.29. The van der Waals surface area contributed by atoms with Crippen LogP contribution in [0.1, 0.15) is 76.0 Å². The largest absolute Gasteiger partial charge is 0.393 e. The van der Waals surface area contributed by atoms with Gasteiger partial charge in [0.25, 0.3) is 0 Å². The highest BCUT2D eigenvalue weighted by molar-refractivity contribution is 5.63. The molecule has 2 aromatic carbocycles. The van der Waals surface area contributed by atoms with Crippen molar-refractivity contribution in [3.63, 3.8) is 0 Å². The van der Waals surface area contributed by atoms with Crippen molar-refractivity contribution < 1.29 is 9.50 Å². The van der Waals surface area contributed by atoms with Crippen LogP contribution in [0.4, 0.5) is 4.39 Å². The summed E-state index contributed by atoms with van der Waals surface area (Å²) in [5.74, 6) is 7.00. The van der Waals surface area contributed by atoms with Gasteiger partial charge in [0.15, 0.2) is 0 Å². The third-order valence-corrected chi connectivity index (χ3v) is 8.19. The number of fused-ring (bicyclic) bond motifs is 1. The Bertz CT molecular complexity index is 1080. The van der Waals surface area contributed by atoms with Crippen LogP contribution in [-0.2, 0) is 0 Å². The molecule has 3 heteroatoms. The molecular weight excluding hydrogens is 421 g/mol. The second-order valence-corrected chi connectivity index (χ2v) is 10.4. The molecule has 4 unspecified atom stereocenters. The highest BCUT2D eigenvalue weighted by Crippen LogP contribution is 2.54. The van der Waals surface area contributed by atoms with E-state index < -0.39 is 0 Å². The van der Waals surface area contributed by atoms with E-state index in [9.17, 15) is 9.50 Å². The van der Waals surface area contributed by atoms with Crippen LogP contribution < -0.4 is 5.32 Å². The Kier molecular flexibility index (Phi) is 7.91. The Morgan fingerprint density at radius 1 is 1.15 bits per heavy atom. The van der Waals surface area contributed by atoms with E-state index in [1.165, 1.54) is 30.5 Å². The smallest absolute Gasteiger partial charge is 0.124 e. The predicted molar refractivity (Wildman–Crippen MR) is 139 cm³/mol. The zero-order valence-electron chi connectivity index (χ0n) is 20.8. The van der Waals surface area contributed by atoms with E-state index in [0.717, 1.165) is 43.4 Å². The van der Waals surface area contributed by atoms with Crippen LogP contribution in [-0.4, -0.2) is 23.8 Å². The van der Waals surface area contributed by atoms with Crippen molar-refractivity contribution >= 4 is 6.08 Å². The number of aliphatic hydroxyl groups excluding tert-OH is 1. The number of nitrogens with one attached hydrogen (secondary N) is 1. The number of unbranched alkanes of at least 4 members (excludes halogenated alkanes) is 1. The molecule has 0 aliphatic heterocycles. The van der Waals surface area contributed by atoms with Crippen molar-refractivity contribution in [2.75, 3.05) is 6.54 Å². The highest BCUT2D eigenvalue weighted by Gasteiger charge is 2.51. The number of aliphatic hydroxyl groups is 1. The van der Waals surface area contributed by atoms with E-state index in [2.05, 4.69) is 56.1 Å². The topological polar surface area (TPSA) is 32.3 Å². The van der Waals surface area contributed by atoms with Crippen LogP contribution in [0.5, 0.6) is 0 Å². The average Bonchev–Trinajstić information content (AvgIpc) is 2.83. The van der Waals surface area contributed by atoms with Gasteiger partial charge in [0, 0.05) is 17.2 Å². The number of hydrogen-bond donors (Lipinski definition) is 2. The van der Waals surface area contributed by atoms with Crippen LogP contribution in [0.3, 0.4) is 0 Å². The molecular formula is C31H38FNO. The van der Waals surface area contributed by atoms with Crippen molar-refractivity contribution in [3.05, 3.63) is 76.6 Å². The summed E-state index contributed by atoms with van der Waals surface area (Å²) in [4.78, 5) is 0. The van der Waals surface area contributed by atoms with Crippen molar-refractivity contribution in [1.82, 2.24) is 5.32 Å². The highest BCUT2D eigenvalue weighted by atomic mass is 19.1. The van der Waals surface area contributed by atoms with Crippen LogP contribution in [0, 0.1) is 34.9 Å². The number of benzene rings is 2. The summed E-state index contributed by atoms with van der Waals surface area (Å²) >= 11 is 0. The lowest BCUT2D eigenvalue weighted by Gasteiger charge is -2.55. The Hall–Kier alpha value is -2.41. The minimum absolute atomic E-state index is 0.138. The quantitative estimate of drug-likeness (QED) is 0.391. The molecule has 4 rings (SSSR count). The summed E-state index contributed by atoms with van der Waals surface area (Å²) in [7, 11) is 0. The van der Waals surface area contributed by atoms with Crippen LogP contribution in [0.25, 0.3) is 6.08 Å². The fraction of sp³-hybridized carbons (Fsp3) is 0.484. The summed E-state index contributed by atoms with van der Waals surface area (Å²) in [5, 5.41) is 14.5. The summed E-state index contributed by atoms with van der Waals surface area (Å²) < 4.78 is 13.6. The van der Waals surface area contributed by atoms with Gasteiger partial charge in [0.05, 0.1) is 6.10 Å². The van der Waals surface area contributed by atoms with Gasteiger partial charge in [-0.1, -0.05) is 74.9 Å². The molecule has 2 aromatic rings. The summed E-state index contributed by atoms with van der Waals surface area (Å²) in [6.45, 7) is 7.92. The molecule has 0 saturated heterocycles. The minimum Gasteiger partial charge on any atom is -0.393 e. The Morgan fingerprint density at radius 2 is 1.97 bits per heavy atom. The molecule has 2 aliphatic carbocycles. The second kappa shape index (κ2) is 10.9. The number of hydrogen-bond acceptors (Lipinski definition) is 2. The monoisotopic (exact) mass is 459 g/mol. The first-order valence-corrected chi connectivity index (χ1v) is 12.9. The minimum atomic E-state index is -0.264. The first kappa shape index (κ1) is 24.7. The molecule has 2 aliphatic rings. The predicted octanol–water partition coefficient (Wildman–Crippen LogP) is 6.57. The molecule has 0 amide bonds. The third-order valence-electron chi connectivity index (χ3n) is 8.19. The Balaban J connectivity index is 1.68. The molecule has 2 nitrogen and oxygen atoms in total. The van der Waals surface area contributed by atoms with Gasteiger partial charge in [0.2, 0.25) is 0 Å². The van der Waals surface area contributed by atoms with Crippen molar-refractivity contribution in [2.24, 2.45) is 17.3 Å². The average molecular weight is 460 g/mol. The zero-order valence-corrected chi connectivity index (χ0v) is 20.8. The second-order valence-electron chi connectivity index (χ2n) is 10.4. The fourth-order valence-corrected chi connectivity index (χ4v) is 6.20. The Labute approximate surface area is 204 Å². The molecule has 2 saturated carbocycles. The normalized spacial score (nSPS) is 29.9. The Morgan fingerprint density at radius 3 is 2.76 bits per heavy atom. The molecule has 0 radical (unpaired) electrons. The van der Waals surface area contributed by atoms with Crippen molar-refractivity contribution in [1.29, 1.82) is 0 Å². The van der Waals surface area contributed by atoms with E-state index in [1.807, 2.05) is 18.2 Å². The van der Waals surface area contributed by atoms with Gasteiger partial charge in [-0.25, -0.2) is 4.39 Å². The maximum absolute atomic E-state index is 13.6. The maximum Gasteiger partial charge on any atom is 0.124 e. The van der Waals surface area contributed by atoms with Crippen molar-refractivity contribution in [3.8, 4) is 11.8 Å². The van der Waals surface area contributed by atoms with Gasteiger partial charge in [-0.2, -0.15) is 0 Å². The first-order chi connectivity index (χ1) is 16.4. The van der Waals surface area contributed by atoms with Gasteiger partial charge in [-0.3, -0.25) is 0 Å². The molecule has 0 bridgehead atoms. The van der Waals surface area contributed by atoms with Gasteiger partial charge >= 0.3 is 0 Å². The molecule has 2 N–H and O–H groups in total. The van der Waals surface area contributed by atoms with Gasteiger partial charge < -0.3 is 10.4 Å². The SMILES string of the molecule is CCCCNC1/C(=C\c2ccccc2C#Cc2cccc(F)c2)CCC2C(C)C(O)CC[C@]12C. The maximum atomic E-state index is 13.6. The summed E-state index contributed by atoms with van der Waals surface area (Å²) in [5.41, 5.74) is 4.35. The van der Waals surface area contributed by atoms with Crippen LogP contribution in [0.2, 0.25) is 0 Å².